The van der Waals surface area contributed by atoms with Gasteiger partial charge in [-0.3, -0.25) is 0 Å². The van der Waals surface area contributed by atoms with Crippen LogP contribution >= 0.6 is 27.5 Å². The Kier molecular flexibility index (Phi) is 6.24. The Morgan fingerprint density at radius 3 is 2.33 bits per heavy atom. The van der Waals surface area contributed by atoms with Crippen LogP contribution in [0.1, 0.15) is 16.7 Å². The molecule has 0 saturated heterocycles. The first-order chi connectivity index (χ1) is 10.1. The van der Waals surface area contributed by atoms with E-state index in [1.165, 1.54) is 11.1 Å². The van der Waals surface area contributed by atoms with Crippen molar-refractivity contribution in [3.05, 3.63) is 68.7 Å². The number of nitrogens with one attached hydrogen (secondary N) is 1. The summed E-state index contributed by atoms with van der Waals surface area (Å²) in [6, 6.07) is 14.5. The molecule has 0 amide bonds. The first-order valence-electron chi connectivity index (χ1n) is 6.92. The van der Waals surface area contributed by atoms with Gasteiger partial charge in [0.15, 0.2) is 0 Å². The number of benzene rings is 2. The Morgan fingerprint density at radius 2 is 1.67 bits per heavy atom. The molecular weight excluding hydrogens is 348 g/mol. The lowest BCUT2D eigenvalue weighted by Gasteiger charge is -2.15. The van der Waals surface area contributed by atoms with Crippen LogP contribution in [0.3, 0.4) is 0 Å². The summed E-state index contributed by atoms with van der Waals surface area (Å²) in [5, 5.41) is 4.26. The fourth-order valence-corrected chi connectivity index (χ4v) is 2.96. The second kappa shape index (κ2) is 7.95. The highest BCUT2D eigenvalue weighted by atomic mass is 79.9. The third-order valence-corrected chi connectivity index (χ3v) is 4.10. The quantitative estimate of drug-likeness (QED) is 0.811. The second-order valence-electron chi connectivity index (χ2n) is 5.35. The lowest BCUT2D eigenvalue weighted by molar-refractivity contribution is 0.400. The zero-order valence-electron chi connectivity index (χ0n) is 12.4. The molecule has 0 radical (unpaired) electrons. The predicted molar refractivity (Wildman–Crippen MR) is 93.5 cm³/mol. The van der Waals surface area contributed by atoms with Crippen molar-refractivity contribution in [2.45, 2.75) is 19.6 Å². The van der Waals surface area contributed by atoms with Crippen LogP contribution in [0.25, 0.3) is 0 Å². The fraction of sp³-hybridized carbons (Fsp3) is 0.294. The maximum atomic E-state index is 6.23. The molecule has 0 saturated carbocycles. The average molecular weight is 368 g/mol. The van der Waals surface area contributed by atoms with Gasteiger partial charge in [0, 0.05) is 29.1 Å². The molecule has 0 fully saturated rings. The topological polar surface area (TPSA) is 15.3 Å². The van der Waals surface area contributed by atoms with Crippen LogP contribution in [0, 0.1) is 0 Å². The van der Waals surface area contributed by atoms with Gasteiger partial charge in [0.05, 0.1) is 0 Å². The van der Waals surface area contributed by atoms with Crippen LogP contribution in [-0.2, 0) is 19.6 Å². The minimum absolute atomic E-state index is 0.766. The Bertz CT molecular complexity index is 599. The zero-order chi connectivity index (χ0) is 15.2. The molecule has 0 heterocycles. The van der Waals surface area contributed by atoms with Gasteiger partial charge >= 0.3 is 0 Å². The van der Waals surface area contributed by atoms with E-state index in [1.807, 2.05) is 18.2 Å². The van der Waals surface area contributed by atoms with Gasteiger partial charge in [-0.05, 0) is 42.9 Å². The summed E-state index contributed by atoms with van der Waals surface area (Å²) in [6.45, 7) is 2.57. The molecule has 0 aliphatic heterocycles. The van der Waals surface area contributed by atoms with Crippen molar-refractivity contribution in [2.75, 3.05) is 14.1 Å². The molecule has 0 aliphatic carbocycles. The third-order valence-electron chi connectivity index (χ3n) is 3.25. The van der Waals surface area contributed by atoms with E-state index in [4.69, 9.17) is 11.6 Å². The van der Waals surface area contributed by atoms with Crippen molar-refractivity contribution >= 4 is 27.5 Å². The van der Waals surface area contributed by atoms with E-state index in [-0.39, 0.29) is 0 Å². The summed E-state index contributed by atoms with van der Waals surface area (Å²) in [7, 11) is 4.18. The maximum Gasteiger partial charge on any atom is 0.0462 e. The molecule has 4 heteroatoms. The van der Waals surface area contributed by atoms with Crippen molar-refractivity contribution in [1.82, 2.24) is 10.2 Å². The highest BCUT2D eigenvalue weighted by Crippen LogP contribution is 2.21. The van der Waals surface area contributed by atoms with Crippen LogP contribution in [0.15, 0.2) is 46.9 Å². The molecule has 2 rings (SSSR count). The lowest BCUT2D eigenvalue weighted by atomic mass is 10.1. The highest BCUT2D eigenvalue weighted by Gasteiger charge is 2.04. The van der Waals surface area contributed by atoms with Crippen LogP contribution < -0.4 is 5.32 Å². The van der Waals surface area contributed by atoms with Crippen molar-refractivity contribution in [2.24, 2.45) is 0 Å². The summed E-state index contributed by atoms with van der Waals surface area (Å²) >= 11 is 9.66. The molecule has 112 valence electrons. The average Bonchev–Trinajstić information content (AvgIpc) is 2.42. The van der Waals surface area contributed by atoms with Gasteiger partial charge in [-0.15, -0.1) is 0 Å². The van der Waals surface area contributed by atoms with Crippen LogP contribution in [-0.4, -0.2) is 19.0 Å². The molecule has 2 aromatic rings. The molecular formula is C17H20BrClN2. The first-order valence-corrected chi connectivity index (χ1v) is 8.09. The molecule has 21 heavy (non-hydrogen) atoms. The summed E-state index contributed by atoms with van der Waals surface area (Å²) in [5.74, 6) is 0. The zero-order valence-corrected chi connectivity index (χ0v) is 14.7. The molecule has 0 spiro atoms. The number of halogens is 2. The fourth-order valence-electron chi connectivity index (χ4n) is 2.22. The van der Waals surface area contributed by atoms with Crippen molar-refractivity contribution < 1.29 is 0 Å². The van der Waals surface area contributed by atoms with E-state index in [0.717, 1.165) is 34.7 Å². The van der Waals surface area contributed by atoms with Gasteiger partial charge < -0.3 is 10.2 Å². The Hall–Kier alpha value is -0.870. The van der Waals surface area contributed by atoms with Crippen LogP contribution in [0.5, 0.6) is 0 Å². The number of nitrogens with zero attached hydrogens (tertiary/aromatic N) is 1. The Labute approximate surface area is 140 Å². The minimum atomic E-state index is 0.766. The second-order valence-corrected chi connectivity index (χ2v) is 6.67. The van der Waals surface area contributed by atoms with Gasteiger partial charge in [-0.2, -0.15) is 0 Å². The van der Waals surface area contributed by atoms with Crippen LogP contribution in [0.4, 0.5) is 0 Å². The Morgan fingerprint density at radius 1 is 1.00 bits per heavy atom. The summed E-state index contributed by atoms with van der Waals surface area (Å²) in [5.41, 5.74) is 3.81. The minimum Gasteiger partial charge on any atom is -0.309 e. The highest BCUT2D eigenvalue weighted by molar-refractivity contribution is 9.10. The van der Waals surface area contributed by atoms with Crippen molar-refractivity contribution in [3.8, 4) is 0 Å². The smallest absolute Gasteiger partial charge is 0.0462 e. The third kappa shape index (κ3) is 5.11. The largest absolute Gasteiger partial charge is 0.309 e. The molecule has 0 bridgehead atoms. The van der Waals surface area contributed by atoms with E-state index < -0.39 is 0 Å². The maximum absolute atomic E-state index is 6.23. The molecule has 0 aliphatic rings. The van der Waals surface area contributed by atoms with E-state index in [0.29, 0.717) is 0 Å². The SMILES string of the molecule is CN(C)Cc1ccccc1CNCc1ccc(Br)cc1Cl. The standard InChI is InChI=1S/C17H20BrClN2/c1-21(2)12-15-6-4-3-5-13(15)10-20-11-14-7-8-16(18)9-17(14)19/h3-9,20H,10-12H2,1-2H3. The molecule has 2 aromatic carbocycles. The summed E-state index contributed by atoms with van der Waals surface area (Å²) in [6.07, 6.45) is 0. The van der Waals surface area contributed by atoms with E-state index in [1.54, 1.807) is 0 Å². The number of hydrogen-bond donors (Lipinski definition) is 1. The van der Waals surface area contributed by atoms with E-state index in [9.17, 15) is 0 Å². The summed E-state index contributed by atoms with van der Waals surface area (Å²) < 4.78 is 1.01. The molecule has 0 atom stereocenters. The molecule has 2 nitrogen and oxygen atoms in total. The molecule has 1 N–H and O–H groups in total. The van der Waals surface area contributed by atoms with Gasteiger partial charge in [0.2, 0.25) is 0 Å². The summed E-state index contributed by atoms with van der Waals surface area (Å²) in [4.78, 5) is 2.18. The lowest BCUT2D eigenvalue weighted by Crippen LogP contribution is -2.17. The van der Waals surface area contributed by atoms with E-state index in [2.05, 4.69) is 64.5 Å². The molecule has 0 unspecified atom stereocenters. The van der Waals surface area contributed by atoms with Gasteiger partial charge in [0.25, 0.3) is 0 Å². The van der Waals surface area contributed by atoms with Crippen molar-refractivity contribution in [1.29, 1.82) is 0 Å². The van der Waals surface area contributed by atoms with Gasteiger partial charge in [-0.1, -0.05) is 57.9 Å². The number of hydrogen-bond acceptors (Lipinski definition) is 2. The first kappa shape index (κ1) is 16.5. The number of rotatable bonds is 6. The van der Waals surface area contributed by atoms with Gasteiger partial charge in [0.1, 0.15) is 0 Å². The van der Waals surface area contributed by atoms with Crippen molar-refractivity contribution in [3.63, 3.8) is 0 Å². The normalized spacial score (nSPS) is 11.1. The molecule has 0 aromatic heterocycles. The van der Waals surface area contributed by atoms with E-state index >= 15 is 0 Å². The predicted octanol–water partition coefficient (Wildman–Crippen LogP) is 4.45. The van der Waals surface area contributed by atoms with Crippen LogP contribution in [0.2, 0.25) is 5.02 Å². The monoisotopic (exact) mass is 366 g/mol. The van der Waals surface area contributed by atoms with Gasteiger partial charge in [-0.25, -0.2) is 0 Å². The Balaban J connectivity index is 1.97.